The summed E-state index contributed by atoms with van der Waals surface area (Å²) in [5.74, 6) is 1.54. The highest BCUT2D eigenvalue weighted by Crippen LogP contribution is 2.22. The summed E-state index contributed by atoms with van der Waals surface area (Å²) in [4.78, 5) is 16.5. The molecular formula is C21H21N3O2S. The van der Waals surface area contributed by atoms with Gasteiger partial charge in [0.2, 0.25) is 0 Å². The Morgan fingerprint density at radius 3 is 2.74 bits per heavy atom. The number of rotatable bonds is 7. The Balaban J connectivity index is 1.53. The number of benzene rings is 2. The highest BCUT2D eigenvalue weighted by molar-refractivity contribution is 7.98. The van der Waals surface area contributed by atoms with Gasteiger partial charge in [-0.25, -0.2) is 9.78 Å². The third-order valence-corrected chi connectivity index (χ3v) is 4.86. The number of amides is 2. The van der Waals surface area contributed by atoms with Gasteiger partial charge in [0.05, 0.1) is 12.1 Å². The number of aromatic nitrogens is 1. The fourth-order valence-corrected chi connectivity index (χ4v) is 3.33. The number of thioether (sulfide) groups is 1. The molecule has 0 atom stereocenters. The normalized spacial score (nSPS) is 10.3. The van der Waals surface area contributed by atoms with Crippen LogP contribution in [0, 0.1) is 0 Å². The number of ether oxygens (including phenoxy) is 1. The molecule has 0 bridgehead atoms. The van der Waals surface area contributed by atoms with E-state index in [1.165, 1.54) is 0 Å². The number of anilines is 1. The van der Waals surface area contributed by atoms with E-state index in [1.54, 1.807) is 25.1 Å². The number of nitrogens with zero attached hydrogens (tertiary/aromatic N) is 1. The Bertz CT molecular complexity index is 887. The van der Waals surface area contributed by atoms with E-state index in [1.807, 2.05) is 66.7 Å². The summed E-state index contributed by atoms with van der Waals surface area (Å²) in [5, 5.41) is 6.70. The molecule has 1 heterocycles. The Morgan fingerprint density at radius 1 is 1.07 bits per heavy atom. The zero-order valence-corrected chi connectivity index (χ0v) is 15.8. The van der Waals surface area contributed by atoms with Crippen LogP contribution in [-0.2, 0) is 12.3 Å². The van der Waals surface area contributed by atoms with E-state index >= 15 is 0 Å². The van der Waals surface area contributed by atoms with Crippen molar-refractivity contribution in [2.24, 2.45) is 0 Å². The maximum atomic E-state index is 12.2. The molecule has 6 heteroatoms. The first kappa shape index (κ1) is 18.8. The molecule has 0 radical (unpaired) electrons. The number of methoxy groups -OCH3 is 1. The van der Waals surface area contributed by atoms with Crippen LogP contribution in [0.5, 0.6) is 5.75 Å². The van der Waals surface area contributed by atoms with E-state index in [-0.39, 0.29) is 6.03 Å². The van der Waals surface area contributed by atoms with Gasteiger partial charge in [-0.1, -0.05) is 36.4 Å². The van der Waals surface area contributed by atoms with Crippen LogP contribution in [0.15, 0.2) is 78.0 Å². The summed E-state index contributed by atoms with van der Waals surface area (Å²) < 4.78 is 5.30. The minimum absolute atomic E-state index is 0.254. The Morgan fingerprint density at radius 2 is 1.93 bits per heavy atom. The second-order valence-corrected chi connectivity index (χ2v) is 6.77. The first-order valence-corrected chi connectivity index (χ1v) is 9.52. The lowest BCUT2D eigenvalue weighted by Crippen LogP contribution is -2.28. The van der Waals surface area contributed by atoms with Gasteiger partial charge in [-0.05, 0) is 35.9 Å². The maximum absolute atomic E-state index is 12.2. The molecule has 0 aliphatic heterocycles. The maximum Gasteiger partial charge on any atom is 0.319 e. The number of pyridine rings is 1. The van der Waals surface area contributed by atoms with Gasteiger partial charge in [-0.3, -0.25) is 0 Å². The molecule has 0 aliphatic rings. The minimum Gasteiger partial charge on any atom is -0.496 e. The van der Waals surface area contributed by atoms with Gasteiger partial charge in [0.25, 0.3) is 0 Å². The van der Waals surface area contributed by atoms with Gasteiger partial charge < -0.3 is 15.4 Å². The van der Waals surface area contributed by atoms with E-state index in [2.05, 4.69) is 15.6 Å². The molecule has 3 rings (SSSR count). The predicted octanol–water partition coefficient (Wildman–Crippen LogP) is 4.70. The number of hydrogen-bond acceptors (Lipinski definition) is 4. The van der Waals surface area contributed by atoms with Crippen LogP contribution < -0.4 is 15.4 Å². The van der Waals surface area contributed by atoms with Crippen molar-refractivity contribution >= 4 is 23.5 Å². The van der Waals surface area contributed by atoms with Gasteiger partial charge >= 0.3 is 6.03 Å². The fraction of sp³-hybridized carbons (Fsp3) is 0.143. The molecule has 0 saturated heterocycles. The molecule has 2 amide bonds. The molecule has 3 aromatic rings. The summed E-state index contributed by atoms with van der Waals surface area (Å²) in [6.45, 7) is 0.394. The smallest absolute Gasteiger partial charge is 0.319 e. The van der Waals surface area contributed by atoms with Crippen molar-refractivity contribution < 1.29 is 9.53 Å². The molecule has 2 aromatic carbocycles. The van der Waals surface area contributed by atoms with Crippen molar-refractivity contribution in [2.45, 2.75) is 17.3 Å². The topological polar surface area (TPSA) is 63.2 Å². The van der Waals surface area contributed by atoms with Gasteiger partial charge in [0, 0.05) is 29.7 Å². The third-order valence-electron chi connectivity index (χ3n) is 3.84. The summed E-state index contributed by atoms with van der Waals surface area (Å²) >= 11 is 1.66. The second-order valence-electron chi connectivity index (χ2n) is 5.78. The van der Waals surface area contributed by atoms with E-state index in [0.29, 0.717) is 6.54 Å². The fourth-order valence-electron chi connectivity index (χ4n) is 2.53. The van der Waals surface area contributed by atoms with E-state index in [0.717, 1.165) is 33.3 Å². The molecule has 1 aromatic heterocycles. The molecule has 2 N–H and O–H groups in total. The highest BCUT2D eigenvalue weighted by Gasteiger charge is 2.06. The van der Waals surface area contributed by atoms with E-state index in [4.69, 9.17) is 4.74 Å². The molecule has 0 saturated carbocycles. The van der Waals surface area contributed by atoms with Gasteiger partial charge in [0.1, 0.15) is 5.75 Å². The van der Waals surface area contributed by atoms with Crippen LogP contribution in [0.1, 0.15) is 11.1 Å². The average Bonchev–Trinajstić information content (AvgIpc) is 2.72. The van der Waals surface area contributed by atoms with Crippen molar-refractivity contribution in [3.8, 4) is 5.75 Å². The third kappa shape index (κ3) is 5.76. The molecule has 0 aliphatic carbocycles. The van der Waals surface area contributed by atoms with Gasteiger partial charge in [-0.15, -0.1) is 11.8 Å². The number of urea groups is 1. The van der Waals surface area contributed by atoms with Crippen LogP contribution in [0.3, 0.4) is 0 Å². The lowest BCUT2D eigenvalue weighted by atomic mass is 10.2. The summed E-state index contributed by atoms with van der Waals surface area (Å²) in [6, 6.07) is 21.0. The molecule has 5 nitrogen and oxygen atoms in total. The van der Waals surface area contributed by atoms with Crippen LogP contribution in [0.2, 0.25) is 0 Å². The first-order chi connectivity index (χ1) is 13.2. The largest absolute Gasteiger partial charge is 0.496 e. The summed E-state index contributed by atoms with van der Waals surface area (Å²) in [7, 11) is 1.62. The zero-order valence-electron chi connectivity index (χ0n) is 15.0. The van der Waals surface area contributed by atoms with Crippen LogP contribution >= 0.6 is 11.8 Å². The summed E-state index contributed by atoms with van der Waals surface area (Å²) in [6.07, 6.45) is 1.78. The molecular weight excluding hydrogens is 358 g/mol. The van der Waals surface area contributed by atoms with Crippen LogP contribution in [0.25, 0.3) is 0 Å². The van der Waals surface area contributed by atoms with Crippen molar-refractivity contribution in [2.75, 3.05) is 12.4 Å². The van der Waals surface area contributed by atoms with Crippen molar-refractivity contribution in [1.29, 1.82) is 0 Å². The van der Waals surface area contributed by atoms with Crippen molar-refractivity contribution in [1.82, 2.24) is 10.3 Å². The number of para-hydroxylation sites is 1. The number of nitrogens with one attached hydrogen (secondary N) is 2. The van der Waals surface area contributed by atoms with Gasteiger partial charge in [-0.2, -0.15) is 0 Å². The quantitative estimate of drug-likeness (QED) is 0.584. The predicted molar refractivity (Wildman–Crippen MR) is 109 cm³/mol. The molecule has 0 spiro atoms. The molecule has 27 heavy (non-hydrogen) atoms. The number of carbonyl (C=O) groups excluding carboxylic acids is 1. The first-order valence-electron chi connectivity index (χ1n) is 8.54. The molecule has 138 valence electrons. The number of hydrogen-bond donors (Lipinski definition) is 2. The second kappa shape index (κ2) is 9.64. The standard InChI is InChI=1S/C21H21N3O2S/c1-26-19-10-3-2-8-17(19)14-23-21(25)24-18-9-6-7-16(13-18)15-27-20-11-4-5-12-22-20/h2-13H,14-15H2,1H3,(H2,23,24,25). The molecule has 0 unspecified atom stereocenters. The lowest BCUT2D eigenvalue weighted by Gasteiger charge is -2.11. The van der Waals surface area contributed by atoms with Gasteiger partial charge in [0.15, 0.2) is 0 Å². The summed E-state index contributed by atoms with van der Waals surface area (Å²) in [5.41, 5.74) is 2.80. The number of carbonyl (C=O) groups is 1. The Kier molecular flexibility index (Phi) is 6.71. The van der Waals surface area contributed by atoms with Crippen LogP contribution in [0.4, 0.5) is 10.5 Å². The SMILES string of the molecule is COc1ccccc1CNC(=O)Nc1cccc(CSc2ccccn2)c1. The van der Waals surface area contributed by atoms with Crippen molar-refractivity contribution in [3.63, 3.8) is 0 Å². The lowest BCUT2D eigenvalue weighted by molar-refractivity contribution is 0.251. The van der Waals surface area contributed by atoms with Crippen molar-refractivity contribution in [3.05, 3.63) is 84.1 Å². The monoisotopic (exact) mass is 379 g/mol. The Labute approximate surface area is 163 Å². The zero-order chi connectivity index (χ0) is 18.9. The van der Waals surface area contributed by atoms with Crippen LogP contribution in [-0.4, -0.2) is 18.1 Å². The van der Waals surface area contributed by atoms with E-state index in [9.17, 15) is 4.79 Å². The average molecular weight is 379 g/mol. The Hall–Kier alpha value is -2.99. The molecule has 0 fully saturated rings. The minimum atomic E-state index is -0.254. The van der Waals surface area contributed by atoms with E-state index < -0.39 is 0 Å². The highest BCUT2D eigenvalue weighted by atomic mass is 32.2.